The number of hydrogen-bond acceptors (Lipinski definition) is 3. The number of nitrogens with one attached hydrogen (secondary N) is 1. The van der Waals surface area contributed by atoms with E-state index in [1.165, 1.54) is 0 Å². The van der Waals surface area contributed by atoms with Gasteiger partial charge in [-0.3, -0.25) is 0 Å². The largest absolute Gasteiger partial charge is 0.474 e. The molecule has 1 unspecified atom stereocenters. The summed E-state index contributed by atoms with van der Waals surface area (Å²) in [5, 5.41) is 12.2. The van der Waals surface area contributed by atoms with Crippen molar-refractivity contribution in [3.05, 3.63) is 28.8 Å². The summed E-state index contributed by atoms with van der Waals surface area (Å²) in [5.74, 6) is 0.547. The van der Waals surface area contributed by atoms with E-state index in [0.717, 1.165) is 12.1 Å². The van der Waals surface area contributed by atoms with Gasteiger partial charge in [0.05, 0.1) is 5.02 Å². The lowest BCUT2D eigenvalue weighted by Crippen LogP contribution is -2.09. The molecule has 4 heteroatoms. The van der Waals surface area contributed by atoms with Crippen molar-refractivity contribution in [2.45, 2.75) is 19.6 Å². The minimum atomic E-state index is -0.488. The van der Waals surface area contributed by atoms with Crippen molar-refractivity contribution in [1.82, 2.24) is 5.32 Å². The molecule has 1 aromatic rings. The van der Waals surface area contributed by atoms with E-state index < -0.39 is 6.10 Å². The van der Waals surface area contributed by atoms with Crippen LogP contribution in [0.15, 0.2) is 18.2 Å². The summed E-state index contributed by atoms with van der Waals surface area (Å²) in [6.07, 6.45) is -0.488. The van der Waals surface area contributed by atoms with Crippen LogP contribution in [0.25, 0.3) is 0 Å². The fourth-order valence-electron chi connectivity index (χ4n) is 1.17. The van der Waals surface area contributed by atoms with Crippen molar-refractivity contribution in [1.29, 1.82) is 5.26 Å². The number of benzene rings is 1. The molecule has 0 amide bonds. The molecule has 1 atom stereocenters. The molecule has 0 fully saturated rings. The van der Waals surface area contributed by atoms with E-state index in [4.69, 9.17) is 21.6 Å². The summed E-state index contributed by atoms with van der Waals surface area (Å²) in [6, 6.07) is 7.52. The van der Waals surface area contributed by atoms with Crippen LogP contribution < -0.4 is 10.1 Å². The molecule has 0 aliphatic rings. The highest BCUT2D eigenvalue weighted by atomic mass is 35.5. The Morgan fingerprint density at radius 2 is 2.33 bits per heavy atom. The standard InChI is InChI=1S/C11H13ClN2O/c1-8(6-13)15-11-4-3-9(7-14-2)5-10(11)12/h3-5,8,14H,7H2,1-2H3. The lowest BCUT2D eigenvalue weighted by Gasteiger charge is -2.10. The SMILES string of the molecule is CNCc1ccc(OC(C)C#N)c(Cl)c1. The van der Waals surface area contributed by atoms with E-state index in [2.05, 4.69) is 5.32 Å². The van der Waals surface area contributed by atoms with Crippen LogP contribution in [0, 0.1) is 11.3 Å². The normalized spacial score (nSPS) is 11.9. The lowest BCUT2D eigenvalue weighted by atomic mass is 10.2. The summed E-state index contributed by atoms with van der Waals surface area (Å²) in [4.78, 5) is 0. The van der Waals surface area contributed by atoms with Crippen LogP contribution in [0.5, 0.6) is 5.75 Å². The van der Waals surface area contributed by atoms with E-state index >= 15 is 0 Å². The van der Waals surface area contributed by atoms with Crippen molar-refractivity contribution in [2.24, 2.45) is 0 Å². The summed E-state index contributed by atoms with van der Waals surface area (Å²) in [7, 11) is 1.87. The molecule has 0 saturated carbocycles. The smallest absolute Gasteiger partial charge is 0.181 e. The van der Waals surface area contributed by atoms with Crippen molar-refractivity contribution in [2.75, 3.05) is 7.05 Å². The second kappa shape index (κ2) is 5.59. The Kier molecular flexibility index (Phi) is 4.41. The van der Waals surface area contributed by atoms with Gasteiger partial charge in [-0.25, -0.2) is 0 Å². The molecule has 0 saturated heterocycles. The van der Waals surface area contributed by atoms with Gasteiger partial charge >= 0.3 is 0 Å². The second-order valence-corrected chi connectivity index (χ2v) is 3.59. The van der Waals surface area contributed by atoms with Gasteiger partial charge in [-0.2, -0.15) is 5.26 Å². The minimum Gasteiger partial charge on any atom is -0.474 e. The average molecular weight is 225 g/mol. The molecule has 0 aliphatic carbocycles. The van der Waals surface area contributed by atoms with E-state index in [9.17, 15) is 0 Å². The topological polar surface area (TPSA) is 45.0 Å². The first-order valence-corrected chi connectivity index (χ1v) is 5.04. The zero-order chi connectivity index (χ0) is 11.3. The third-order valence-electron chi connectivity index (χ3n) is 1.86. The van der Waals surface area contributed by atoms with Gasteiger partial charge in [-0.05, 0) is 31.7 Å². The highest BCUT2D eigenvalue weighted by Crippen LogP contribution is 2.26. The van der Waals surface area contributed by atoms with Crippen LogP contribution in [-0.4, -0.2) is 13.2 Å². The first-order valence-electron chi connectivity index (χ1n) is 4.66. The molecule has 0 spiro atoms. The fraction of sp³-hybridized carbons (Fsp3) is 0.364. The predicted octanol–water partition coefficient (Wildman–Crippen LogP) is 2.35. The Hall–Kier alpha value is -1.24. The lowest BCUT2D eigenvalue weighted by molar-refractivity contribution is 0.276. The Morgan fingerprint density at radius 3 is 2.87 bits per heavy atom. The first kappa shape index (κ1) is 11.8. The Labute approximate surface area is 94.6 Å². The highest BCUT2D eigenvalue weighted by Gasteiger charge is 2.06. The zero-order valence-corrected chi connectivity index (χ0v) is 9.51. The maximum Gasteiger partial charge on any atom is 0.181 e. The third-order valence-corrected chi connectivity index (χ3v) is 2.16. The van der Waals surface area contributed by atoms with Crippen LogP contribution >= 0.6 is 11.6 Å². The van der Waals surface area contributed by atoms with Crippen molar-refractivity contribution in [3.8, 4) is 11.8 Å². The molecule has 0 aliphatic heterocycles. The van der Waals surface area contributed by atoms with Gasteiger partial charge in [0.25, 0.3) is 0 Å². The van der Waals surface area contributed by atoms with Crippen LogP contribution in [0.2, 0.25) is 5.02 Å². The van der Waals surface area contributed by atoms with Gasteiger partial charge in [0, 0.05) is 6.54 Å². The number of nitriles is 1. The summed E-state index contributed by atoms with van der Waals surface area (Å²) in [5.41, 5.74) is 1.08. The Balaban J connectivity index is 2.80. The van der Waals surface area contributed by atoms with Crippen molar-refractivity contribution < 1.29 is 4.74 Å². The molecule has 0 heterocycles. The van der Waals surface area contributed by atoms with Crippen LogP contribution in [-0.2, 0) is 6.54 Å². The minimum absolute atomic E-state index is 0.488. The first-order chi connectivity index (χ1) is 7.17. The van der Waals surface area contributed by atoms with E-state index in [0.29, 0.717) is 10.8 Å². The number of nitrogens with zero attached hydrogens (tertiary/aromatic N) is 1. The second-order valence-electron chi connectivity index (χ2n) is 3.18. The molecule has 3 nitrogen and oxygen atoms in total. The van der Waals surface area contributed by atoms with E-state index in [1.807, 2.05) is 25.2 Å². The van der Waals surface area contributed by atoms with Crippen LogP contribution in [0.1, 0.15) is 12.5 Å². The Bertz CT molecular complexity index is 373. The van der Waals surface area contributed by atoms with Crippen LogP contribution in [0.3, 0.4) is 0 Å². The fourth-order valence-corrected chi connectivity index (χ4v) is 1.42. The van der Waals surface area contributed by atoms with Crippen molar-refractivity contribution in [3.63, 3.8) is 0 Å². The number of halogens is 1. The quantitative estimate of drug-likeness (QED) is 0.854. The maximum absolute atomic E-state index is 8.60. The highest BCUT2D eigenvalue weighted by molar-refractivity contribution is 6.32. The molecule has 0 radical (unpaired) electrons. The number of hydrogen-bond donors (Lipinski definition) is 1. The molecule has 1 aromatic carbocycles. The molecular formula is C11H13ClN2O. The molecule has 15 heavy (non-hydrogen) atoms. The van der Waals surface area contributed by atoms with E-state index in [1.54, 1.807) is 13.0 Å². The Morgan fingerprint density at radius 1 is 1.60 bits per heavy atom. The summed E-state index contributed by atoms with van der Waals surface area (Å²) in [6.45, 7) is 2.44. The average Bonchev–Trinajstić information content (AvgIpc) is 2.22. The molecule has 80 valence electrons. The third kappa shape index (κ3) is 3.43. The molecule has 0 bridgehead atoms. The maximum atomic E-state index is 8.60. The van der Waals surface area contributed by atoms with E-state index in [-0.39, 0.29) is 0 Å². The predicted molar refractivity (Wildman–Crippen MR) is 59.9 cm³/mol. The van der Waals surface area contributed by atoms with Gasteiger partial charge < -0.3 is 10.1 Å². The zero-order valence-electron chi connectivity index (χ0n) is 8.75. The molecule has 0 aromatic heterocycles. The number of rotatable bonds is 4. The van der Waals surface area contributed by atoms with Crippen LogP contribution in [0.4, 0.5) is 0 Å². The molecule has 1 N–H and O–H groups in total. The summed E-state index contributed by atoms with van der Waals surface area (Å²) < 4.78 is 5.31. The van der Waals surface area contributed by atoms with Crippen molar-refractivity contribution >= 4 is 11.6 Å². The van der Waals surface area contributed by atoms with Gasteiger partial charge in [-0.1, -0.05) is 17.7 Å². The van der Waals surface area contributed by atoms with Gasteiger partial charge in [0.2, 0.25) is 0 Å². The molecule has 1 rings (SSSR count). The molecular weight excluding hydrogens is 212 g/mol. The summed E-state index contributed by atoms with van der Waals surface area (Å²) >= 11 is 6.00. The number of ether oxygens (including phenoxy) is 1. The monoisotopic (exact) mass is 224 g/mol. The van der Waals surface area contributed by atoms with Gasteiger partial charge in [0.1, 0.15) is 11.8 Å². The van der Waals surface area contributed by atoms with Gasteiger partial charge in [-0.15, -0.1) is 0 Å². The van der Waals surface area contributed by atoms with Gasteiger partial charge in [0.15, 0.2) is 6.10 Å².